The van der Waals surface area contributed by atoms with E-state index in [1.165, 1.54) is 4.90 Å². The first-order chi connectivity index (χ1) is 15.5. The molecule has 0 unspecified atom stereocenters. The minimum atomic E-state index is -0.434. The van der Waals surface area contributed by atoms with Gasteiger partial charge in [0.15, 0.2) is 11.4 Å². The molecule has 1 saturated heterocycles. The van der Waals surface area contributed by atoms with Crippen LogP contribution in [-0.4, -0.2) is 39.9 Å². The first-order valence-electron chi connectivity index (χ1n) is 10.3. The number of ether oxygens (including phenoxy) is 1. The van der Waals surface area contributed by atoms with Crippen molar-refractivity contribution >= 4 is 34.4 Å². The summed E-state index contributed by atoms with van der Waals surface area (Å²) in [7, 11) is 0. The summed E-state index contributed by atoms with van der Waals surface area (Å²) >= 11 is 0. The quantitative estimate of drug-likeness (QED) is 0.500. The van der Waals surface area contributed by atoms with Gasteiger partial charge in [-0.05, 0) is 44.2 Å². The summed E-state index contributed by atoms with van der Waals surface area (Å²) in [5.74, 6) is 0.214. The van der Waals surface area contributed by atoms with Crippen molar-refractivity contribution in [1.82, 2.24) is 14.8 Å². The zero-order chi connectivity index (χ0) is 22.2. The van der Waals surface area contributed by atoms with E-state index < -0.39 is 6.09 Å². The van der Waals surface area contributed by atoms with Crippen molar-refractivity contribution < 1.29 is 18.7 Å². The van der Waals surface area contributed by atoms with Gasteiger partial charge in [0.25, 0.3) is 5.91 Å². The molecule has 4 heterocycles. The van der Waals surface area contributed by atoms with Crippen LogP contribution in [0.2, 0.25) is 0 Å². The van der Waals surface area contributed by atoms with Gasteiger partial charge in [-0.25, -0.2) is 14.5 Å². The average Bonchev–Trinajstić information content (AvgIpc) is 3.54. The second-order valence-electron chi connectivity index (χ2n) is 7.69. The van der Waals surface area contributed by atoms with Gasteiger partial charge in [-0.3, -0.25) is 9.69 Å². The molecule has 9 heteroatoms. The van der Waals surface area contributed by atoms with Gasteiger partial charge in [-0.15, -0.1) is 0 Å². The molecular formula is C23H21N5O4. The Bertz CT molecular complexity index is 1310. The van der Waals surface area contributed by atoms with E-state index in [0.717, 1.165) is 0 Å². The molecule has 2 amide bonds. The Labute approximate surface area is 183 Å². The van der Waals surface area contributed by atoms with Gasteiger partial charge < -0.3 is 14.5 Å². The number of carbonyl (C=O) groups is 2. The fraction of sp³-hybridized carbons (Fsp3) is 0.217. The molecule has 0 atom stereocenters. The van der Waals surface area contributed by atoms with Crippen LogP contribution in [0.1, 0.15) is 30.2 Å². The van der Waals surface area contributed by atoms with Crippen LogP contribution in [0.4, 0.5) is 16.2 Å². The third-order valence-electron chi connectivity index (χ3n) is 5.28. The highest BCUT2D eigenvalue weighted by atomic mass is 16.6. The Morgan fingerprint density at radius 1 is 1.19 bits per heavy atom. The SMILES string of the molecule is CC(C)n1ncc2c(C(=O)Nc3ccccc3N3CCOC3=O)cc(-c3ccco3)nc21. The van der Waals surface area contributed by atoms with E-state index in [0.29, 0.717) is 52.6 Å². The summed E-state index contributed by atoms with van der Waals surface area (Å²) in [6, 6.07) is 12.4. The molecule has 1 N–H and O–H groups in total. The topological polar surface area (TPSA) is 102 Å². The number of nitrogens with zero attached hydrogens (tertiary/aromatic N) is 4. The van der Waals surface area contributed by atoms with Crippen LogP contribution >= 0.6 is 0 Å². The largest absolute Gasteiger partial charge is 0.463 e. The molecule has 0 aliphatic carbocycles. The molecule has 0 radical (unpaired) electrons. The molecule has 0 bridgehead atoms. The minimum absolute atomic E-state index is 0.0599. The lowest BCUT2D eigenvalue weighted by molar-refractivity contribution is 0.102. The number of furan rings is 1. The maximum Gasteiger partial charge on any atom is 0.414 e. The molecule has 5 rings (SSSR count). The summed E-state index contributed by atoms with van der Waals surface area (Å²) in [6.07, 6.45) is 2.77. The van der Waals surface area contributed by atoms with E-state index in [-0.39, 0.29) is 11.9 Å². The summed E-state index contributed by atoms with van der Waals surface area (Å²) < 4.78 is 12.3. The van der Waals surface area contributed by atoms with E-state index in [9.17, 15) is 9.59 Å². The van der Waals surface area contributed by atoms with E-state index >= 15 is 0 Å². The zero-order valence-corrected chi connectivity index (χ0v) is 17.6. The van der Waals surface area contributed by atoms with Crippen molar-refractivity contribution in [1.29, 1.82) is 0 Å². The third kappa shape index (κ3) is 3.37. The van der Waals surface area contributed by atoms with Gasteiger partial charge in [-0.1, -0.05) is 12.1 Å². The number of aromatic nitrogens is 3. The van der Waals surface area contributed by atoms with Crippen LogP contribution in [0.3, 0.4) is 0 Å². The number of cyclic esters (lactones) is 1. The molecule has 0 spiro atoms. The maximum atomic E-state index is 13.4. The summed E-state index contributed by atoms with van der Waals surface area (Å²) in [6.45, 7) is 4.74. The van der Waals surface area contributed by atoms with Crippen LogP contribution in [0.5, 0.6) is 0 Å². The predicted molar refractivity (Wildman–Crippen MR) is 119 cm³/mol. The average molecular weight is 431 g/mol. The second-order valence-corrected chi connectivity index (χ2v) is 7.69. The van der Waals surface area contributed by atoms with E-state index in [1.807, 2.05) is 19.9 Å². The first kappa shape index (κ1) is 19.8. The molecule has 1 aliphatic heterocycles. The van der Waals surface area contributed by atoms with Gasteiger partial charge in [0.1, 0.15) is 12.3 Å². The molecule has 1 fully saturated rings. The van der Waals surface area contributed by atoms with Crippen molar-refractivity contribution in [2.24, 2.45) is 0 Å². The fourth-order valence-electron chi connectivity index (χ4n) is 3.75. The van der Waals surface area contributed by atoms with Crippen molar-refractivity contribution in [3.8, 4) is 11.5 Å². The molecule has 0 saturated carbocycles. The zero-order valence-electron chi connectivity index (χ0n) is 17.6. The normalized spacial score (nSPS) is 13.7. The Morgan fingerprint density at radius 3 is 2.75 bits per heavy atom. The molecule has 1 aliphatic rings. The molecule has 162 valence electrons. The van der Waals surface area contributed by atoms with Crippen LogP contribution in [0, 0.1) is 0 Å². The lowest BCUT2D eigenvalue weighted by Crippen LogP contribution is -2.25. The van der Waals surface area contributed by atoms with E-state index in [1.54, 1.807) is 53.5 Å². The number of carbonyl (C=O) groups excluding carboxylic acids is 2. The first-order valence-corrected chi connectivity index (χ1v) is 10.3. The Balaban J connectivity index is 1.58. The van der Waals surface area contributed by atoms with Crippen LogP contribution in [0.15, 0.2) is 59.3 Å². The van der Waals surface area contributed by atoms with Crippen molar-refractivity contribution in [2.75, 3.05) is 23.4 Å². The summed E-state index contributed by atoms with van der Waals surface area (Å²) in [4.78, 5) is 31.7. The number of benzene rings is 1. The lowest BCUT2D eigenvalue weighted by atomic mass is 10.1. The van der Waals surface area contributed by atoms with Crippen molar-refractivity contribution in [3.05, 3.63) is 60.5 Å². The maximum absolute atomic E-state index is 13.4. The minimum Gasteiger partial charge on any atom is -0.463 e. The highest BCUT2D eigenvalue weighted by molar-refractivity contribution is 6.14. The molecular weight excluding hydrogens is 410 g/mol. The van der Waals surface area contributed by atoms with E-state index in [2.05, 4.69) is 10.4 Å². The van der Waals surface area contributed by atoms with Crippen LogP contribution in [0.25, 0.3) is 22.5 Å². The van der Waals surface area contributed by atoms with Gasteiger partial charge >= 0.3 is 6.09 Å². The predicted octanol–water partition coefficient (Wildman–Crippen LogP) is 4.48. The molecule has 4 aromatic rings. The van der Waals surface area contributed by atoms with Crippen LogP contribution < -0.4 is 10.2 Å². The van der Waals surface area contributed by atoms with E-state index in [4.69, 9.17) is 14.1 Å². The molecule has 3 aromatic heterocycles. The summed E-state index contributed by atoms with van der Waals surface area (Å²) in [5, 5.41) is 8.00. The lowest BCUT2D eigenvalue weighted by Gasteiger charge is -2.18. The van der Waals surface area contributed by atoms with Gasteiger partial charge in [-0.2, -0.15) is 5.10 Å². The number of hydrogen-bond donors (Lipinski definition) is 1. The van der Waals surface area contributed by atoms with Crippen molar-refractivity contribution in [3.63, 3.8) is 0 Å². The molecule has 1 aromatic carbocycles. The number of amides is 2. The monoisotopic (exact) mass is 431 g/mol. The highest BCUT2D eigenvalue weighted by Crippen LogP contribution is 2.31. The number of anilines is 2. The number of fused-ring (bicyclic) bond motifs is 1. The number of rotatable bonds is 5. The van der Waals surface area contributed by atoms with Gasteiger partial charge in [0.2, 0.25) is 0 Å². The Hall–Kier alpha value is -4.14. The number of pyridine rings is 1. The Morgan fingerprint density at radius 2 is 2.03 bits per heavy atom. The highest BCUT2D eigenvalue weighted by Gasteiger charge is 2.27. The standard InChI is InChI=1S/C23H21N5O4/c1-14(2)28-21-16(13-24-28)15(12-18(25-21)20-8-5-10-31-20)22(29)26-17-6-3-4-7-19(17)27-9-11-32-23(27)30/h3-8,10,12-14H,9,11H2,1-2H3,(H,26,29). The van der Waals surface area contributed by atoms with Gasteiger partial charge in [0.05, 0.1) is 41.3 Å². The number of nitrogens with one attached hydrogen (secondary N) is 1. The fourth-order valence-corrected chi connectivity index (χ4v) is 3.75. The number of para-hydroxylation sites is 2. The second kappa shape index (κ2) is 7.84. The number of hydrogen-bond acceptors (Lipinski definition) is 6. The Kier molecular flexibility index (Phi) is 4.85. The third-order valence-corrected chi connectivity index (χ3v) is 5.28. The molecule has 9 nitrogen and oxygen atoms in total. The van der Waals surface area contributed by atoms with Crippen molar-refractivity contribution in [2.45, 2.75) is 19.9 Å². The molecule has 32 heavy (non-hydrogen) atoms. The van der Waals surface area contributed by atoms with Gasteiger partial charge in [0, 0.05) is 6.04 Å². The summed E-state index contributed by atoms with van der Waals surface area (Å²) in [5.41, 5.74) is 2.63. The smallest absolute Gasteiger partial charge is 0.414 e. The van der Waals surface area contributed by atoms with Crippen LogP contribution in [-0.2, 0) is 4.74 Å².